The molecule has 0 bridgehead atoms. The number of hydroxylamine groups is 1. The molecule has 3 heteroatoms. The Morgan fingerprint density at radius 2 is 1.35 bits per heavy atom. The molecule has 140 valence electrons. The Morgan fingerprint density at radius 3 is 1.88 bits per heavy atom. The van der Waals surface area contributed by atoms with E-state index in [0.29, 0.717) is 12.6 Å². The number of likely N-dealkylation sites (tertiary alicyclic amines) is 1. The minimum absolute atomic E-state index is 0.103. The van der Waals surface area contributed by atoms with E-state index in [4.69, 9.17) is 4.84 Å². The molecule has 3 rings (SSSR count). The van der Waals surface area contributed by atoms with Gasteiger partial charge < -0.3 is 0 Å². The molecule has 0 atom stereocenters. The van der Waals surface area contributed by atoms with Gasteiger partial charge in [0.15, 0.2) is 0 Å². The van der Waals surface area contributed by atoms with Gasteiger partial charge in [-0.2, -0.15) is 5.48 Å². The zero-order chi connectivity index (χ0) is 18.6. The fourth-order valence-corrected chi connectivity index (χ4v) is 4.41. The van der Waals surface area contributed by atoms with Gasteiger partial charge in [-0.1, -0.05) is 60.7 Å². The molecule has 1 aliphatic heterocycles. The van der Waals surface area contributed by atoms with Crippen LogP contribution in [0.15, 0.2) is 60.7 Å². The Bertz CT molecular complexity index is 664. The first-order valence-electron chi connectivity index (χ1n) is 9.60. The van der Waals surface area contributed by atoms with Crippen molar-refractivity contribution in [3.8, 4) is 0 Å². The van der Waals surface area contributed by atoms with Gasteiger partial charge in [-0.05, 0) is 51.7 Å². The van der Waals surface area contributed by atoms with E-state index >= 15 is 0 Å². The lowest BCUT2D eigenvalue weighted by Gasteiger charge is -2.55. The number of rotatable bonds is 6. The smallest absolute Gasteiger partial charge is 0.0933 e. The highest BCUT2D eigenvalue weighted by molar-refractivity contribution is 5.17. The van der Waals surface area contributed by atoms with Crippen LogP contribution >= 0.6 is 0 Å². The van der Waals surface area contributed by atoms with Crippen LogP contribution in [0, 0.1) is 0 Å². The molecule has 1 fully saturated rings. The van der Waals surface area contributed by atoms with Crippen molar-refractivity contribution < 1.29 is 4.84 Å². The molecule has 0 unspecified atom stereocenters. The van der Waals surface area contributed by atoms with Crippen LogP contribution in [0.5, 0.6) is 0 Å². The maximum atomic E-state index is 5.83. The number of nitrogens with zero attached hydrogens (tertiary/aromatic N) is 1. The number of hydrogen-bond acceptors (Lipinski definition) is 3. The summed E-state index contributed by atoms with van der Waals surface area (Å²) in [6.45, 7) is 11.0. The van der Waals surface area contributed by atoms with Gasteiger partial charge in [0.25, 0.3) is 0 Å². The Balaban J connectivity index is 1.61. The van der Waals surface area contributed by atoms with Crippen LogP contribution < -0.4 is 5.48 Å². The van der Waals surface area contributed by atoms with E-state index in [1.807, 2.05) is 18.2 Å². The molecule has 2 aromatic carbocycles. The van der Waals surface area contributed by atoms with Crippen LogP contribution in [-0.2, 0) is 18.0 Å². The number of nitrogens with one attached hydrogen (secondary N) is 1. The minimum Gasteiger partial charge on any atom is -0.297 e. The molecule has 1 aliphatic rings. The standard InChI is InChI=1S/C23H32N2O/c1-22(2)15-21(24-26-18-20-13-9-6-10-14-20)16-23(3,4)25(22)17-19-11-7-5-8-12-19/h5-14,21,24H,15-18H2,1-4H3. The van der Waals surface area contributed by atoms with Gasteiger partial charge in [0.2, 0.25) is 0 Å². The molecule has 0 saturated carbocycles. The van der Waals surface area contributed by atoms with Gasteiger partial charge in [0.1, 0.15) is 0 Å². The lowest BCUT2D eigenvalue weighted by atomic mass is 9.77. The van der Waals surface area contributed by atoms with Gasteiger partial charge in [0.05, 0.1) is 6.61 Å². The summed E-state index contributed by atoms with van der Waals surface area (Å²) in [4.78, 5) is 8.47. The van der Waals surface area contributed by atoms with E-state index in [1.165, 1.54) is 11.1 Å². The van der Waals surface area contributed by atoms with Gasteiger partial charge >= 0.3 is 0 Å². The summed E-state index contributed by atoms with van der Waals surface area (Å²) in [5.74, 6) is 0. The van der Waals surface area contributed by atoms with E-state index in [-0.39, 0.29) is 11.1 Å². The molecular weight excluding hydrogens is 320 g/mol. The maximum absolute atomic E-state index is 5.83. The summed E-state index contributed by atoms with van der Waals surface area (Å²) in [5.41, 5.74) is 6.11. The van der Waals surface area contributed by atoms with Gasteiger partial charge in [-0.15, -0.1) is 0 Å². The van der Waals surface area contributed by atoms with Crippen LogP contribution in [0.1, 0.15) is 51.7 Å². The first kappa shape index (κ1) is 19.1. The fourth-order valence-electron chi connectivity index (χ4n) is 4.41. The molecule has 0 amide bonds. The van der Waals surface area contributed by atoms with Crippen molar-refractivity contribution in [3.63, 3.8) is 0 Å². The fraction of sp³-hybridized carbons (Fsp3) is 0.478. The monoisotopic (exact) mass is 352 g/mol. The Morgan fingerprint density at radius 1 is 0.846 bits per heavy atom. The summed E-state index contributed by atoms with van der Waals surface area (Å²) in [5, 5.41) is 0. The Kier molecular flexibility index (Phi) is 5.81. The van der Waals surface area contributed by atoms with Crippen LogP contribution in [0.4, 0.5) is 0 Å². The first-order valence-corrected chi connectivity index (χ1v) is 9.60. The molecule has 0 aliphatic carbocycles. The molecule has 0 aromatic heterocycles. The van der Waals surface area contributed by atoms with Crippen molar-refractivity contribution in [1.82, 2.24) is 10.4 Å². The normalized spacial score (nSPS) is 20.2. The summed E-state index contributed by atoms with van der Waals surface area (Å²) < 4.78 is 0. The maximum Gasteiger partial charge on any atom is 0.0933 e. The molecule has 26 heavy (non-hydrogen) atoms. The van der Waals surface area contributed by atoms with E-state index in [9.17, 15) is 0 Å². The topological polar surface area (TPSA) is 24.5 Å². The van der Waals surface area contributed by atoms with Crippen LogP contribution in [0.2, 0.25) is 0 Å². The predicted octanol–water partition coefficient (Wildman–Crippen LogP) is 4.93. The third kappa shape index (κ3) is 4.73. The third-order valence-corrected chi connectivity index (χ3v) is 5.47. The van der Waals surface area contributed by atoms with Crippen molar-refractivity contribution in [1.29, 1.82) is 0 Å². The first-order chi connectivity index (χ1) is 12.4. The van der Waals surface area contributed by atoms with Crippen molar-refractivity contribution >= 4 is 0 Å². The largest absolute Gasteiger partial charge is 0.297 e. The number of benzene rings is 2. The SMILES string of the molecule is CC1(C)CC(NOCc2ccccc2)CC(C)(C)N1Cc1ccccc1. The van der Waals surface area contributed by atoms with E-state index in [1.54, 1.807) is 0 Å². The molecule has 0 radical (unpaired) electrons. The third-order valence-electron chi connectivity index (χ3n) is 5.47. The molecular formula is C23H32N2O. The molecule has 1 heterocycles. The molecule has 3 nitrogen and oxygen atoms in total. The van der Waals surface area contributed by atoms with Crippen LogP contribution in [-0.4, -0.2) is 22.0 Å². The average Bonchev–Trinajstić information content (AvgIpc) is 2.59. The minimum atomic E-state index is 0.103. The highest BCUT2D eigenvalue weighted by Crippen LogP contribution is 2.39. The lowest BCUT2D eigenvalue weighted by molar-refractivity contribution is -0.0881. The summed E-state index contributed by atoms with van der Waals surface area (Å²) in [6, 6.07) is 21.5. The lowest BCUT2D eigenvalue weighted by Crippen LogP contribution is -2.63. The van der Waals surface area contributed by atoms with Crippen molar-refractivity contribution in [2.75, 3.05) is 0 Å². The second-order valence-corrected chi connectivity index (χ2v) is 8.69. The molecule has 1 saturated heterocycles. The predicted molar refractivity (Wildman–Crippen MR) is 108 cm³/mol. The second-order valence-electron chi connectivity index (χ2n) is 8.69. The Hall–Kier alpha value is -1.68. The quantitative estimate of drug-likeness (QED) is 0.746. The summed E-state index contributed by atoms with van der Waals surface area (Å²) in [7, 11) is 0. The average molecular weight is 353 g/mol. The van der Waals surface area contributed by atoms with E-state index < -0.39 is 0 Å². The zero-order valence-electron chi connectivity index (χ0n) is 16.5. The highest BCUT2D eigenvalue weighted by atomic mass is 16.6. The van der Waals surface area contributed by atoms with E-state index in [2.05, 4.69) is 80.5 Å². The van der Waals surface area contributed by atoms with Crippen molar-refractivity contribution in [2.24, 2.45) is 0 Å². The number of piperidine rings is 1. The summed E-state index contributed by atoms with van der Waals surface area (Å²) in [6.07, 6.45) is 2.14. The van der Waals surface area contributed by atoms with Crippen LogP contribution in [0.3, 0.4) is 0 Å². The molecule has 1 N–H and O–H groups in total. The molecule has 0 spiro atoms. The van der Waals surface area contributed by atoms with Crippen molar-refractivity contribution in [3.05, 3.63) is 71.8 Å². The molecule has 2 aromatic rings. The van der Waals surface area contributed by atoms with Crippen molar-refractivity contribution in [2.45, 2.75) is 70.8 Å². The number of hydrogen-bond donors (Lipinski definition) is 1. The second kappa shape index (κ2) is 7.91. The van der Waals surface area contributed by atoms with Gasteiger partial charge in [-0.25, -0.2) is 0 Å². The Labute approximate surface area is 158 Å². The zero-order valence-corrected chi connectivity index (χ0v) is 16.5. The van der Waals surface area contributed by atoms with Crippen LogP contribution in [0.25, 0.3) is 0 Å². The highest BCUT2D eigenvalue weighted by Gasteiger charge is 2.45. The van der Waals surface area contributed by atoms with Gasteiger partial charge in [0, 0.05) is 23.7 Å². The van der Waals surface area contributed by atoms with Gasteiger partial charge in [-0.3, -0.25) is 9.74 Å². The van der Waals surface area contributed by atoms with E-state index in [0.717, 1.165) is 19.4 Å². The summed E-state index contributed by atoms with van der Waals surface area (Å²) >= 11 is 0.